The van der Waals surface area contributed by atoms with Gasteiger partial charge in [-0.25, -0.2) is 0 Å². The van der Waals surface area contributed by atoms with E-state index in [0.717, 1.165) is 39.8 Å². The van der Waals surface area contributed by atoms with E-state index in [1.54, 1.807) is 24.1 Å². The molecule has 1 atom stereocenters. The second kappa shape index (κ2) is 8.83. The van der Waals surface area contributed by atoms with Gasteiger partial charge in [-0.1, -0.05) is 0 Å². The zero-order valence-electron chi connectivity index (χ0n) is 17.4. The standard InChI is InChI=1S/C23H24F2N2O4/c1-29-16-4-5-19-17(10-16)15(12-26-19)3-6-20-18-11-22(31-23(24)25)21(30-2)9-14(18)7-8-27(20)13-28/h4-5,9-13,20,23,26H,3,6-8H2,1-2H3/t20-/m0/s1. The normalized spacial score (nSPS) is 15.8. The van der Waals surface area contributed by atoms with Gasteiger partial charge in [-0.3, -0.25) is 4.79 Å². The van der Waals surface area contributed by atoms with Crippen LogP contribution in [-0.4, -0.2) is 43.7 Å². The summed E-state index contributed by atoms with van der Waals surface area (Å²) in [4.78, 5) is 16.7. The first-order valence-electron chi connectivity index (χ1n) is 10.0. The fraction of sp³-hybridized carbons (Fsp3) is 0.348. The molecule has 0 bridgehead atoms. The Bertz CT molecular complexity index is 1080. The van der Waals surface area contributed by atoms with Crippen molar-refractivity contribution >= 4 is 17.3 Å². The molecule has 1 aliphatic rings. The molecule has 1 aliphatic heterocycles. The van der Waals surface area contributed by atoms with Gasteiger partial charge >= 0.3 is 6.61 Å². The first-order chi connectivity index (χ1) is 15.0. The molecule has 0 aliphatic carbocycles. The Morgan fingerprint density at radius 2 is 2.03 bits per heavy atom. The van der Waals surface area contributed by atoms with E-state index in [-0.39, 0.29) is 17.5 Å². The van der Waals surface area contributed by atoms with Crippen molar-refractivity contribution in [3.05, 3.63) is 53.2 Å². The van der Waals surface area contributed by atoms with Gasteiger partial charge in [-0.05, 0) is 66.3 Å². The van der Waals surface area contributed by atoms with Crippen molar-refractivity contribution in [2.45, 2.75) is 31.9 Å². The van der Waals surface area contributed by atoms with E-state index in [0.29, 0.717) is 25.8 Å². The highest BCUT2D eigenvalue weighted by molar-refractivity contribution is 5.84. The smallest absolute Gasteiger partial charge is 0.387 e. The maximum Gasteiger partial charge on any atom is 0.387 e. The summed E-state index contributed by atoms with van der Waals surface area (Å²) in [7, 11) is 3.05. The van der Waals surface area contributed by atoms with Gasteiger partial charge in [0.25, 0.3) is 0 Å². The number of alkyl halides is 2. The minimum atomic E-state index is -2.96. The third-order valence-electron chi connectivity index (χ3n) is 5.84. The van der Waals surface area contributed by atoms with Crippen molar-refractivity contribution in [3.8, 4) is 17.2 Å². The van der Waals surface area contributed by atoms with Crippen LogP contribution in [0.4, 0.5) is 8.78 Å². The number of benzene rings is 2. The molecule has 0 fully saturated rings. The third-order valence-corrected chi connectivity index (χ3v) is 5.84. The lowest BCUT2D eigenvalue weighted by atomic mass is 9.88. The summed E-state index contributed by atoms with van der Waals surface area (Å²) in [5, 5.41) is 1.06. The maximum atomic E-state index is 12.9. The molecule has 1 N–H and O–H groups in total. The summed E-state index contributed by atoms with van der Waals surface area (Å²) in [6, 6.07) is 8.91. The number of carbonyl (C=O) groups excluding carboxylic acids is 1. The lowest BCUT2D eigenvalue weighted by Gasteiger charge is -2.35. The summed E-state index contributed by atoms with van der Waals surface area (Å²) in [5.41, 5.74) is 3.89. The number of nitrogens with one attached hydrogen (secondary N) is 1. The molecule has 1 amide bonds. The van der Waals surface area contributed by atoms with Crippen LogP contribution in [0.2, 0.25) is 0 Å². The zero-order chi connectivity index (χ0) is 22.0. The highest BCUT2D eigenvalue weighted by Gasteiger charge is 2.29. The van der Waals surface area contributed by atoms with Crippen LogP contribution in [0.5, 0.6) is 17.2 Å². The molecule has 31 heavy (non-hydrogen) atoms. The first-order valence-corrected chi connectivity index (χ1v) is 10.0. The highest BCUT2D eigenvalue weighted by atomic mass is 19.3. The number of methoxy groups -OCH3 is 2. The molecule has 3 aromatic rings. The lowest BCUT2D eigenvalue weighted by molar-refractivity contribution is -0.120. The zero-order valence-corrected chi connectivity index (χ0v) is 17.4. The summed E-state index contributed by atoms with van der Waals surface area (Å²) < 4.78 is 41.0. The minimum Gasteiger partial charge on any atom is -0.497 e. The number of hydrogen-bond acceptors (Lipinski definition) is 4. The summed E-state index contributed by atoms with van der Waals surface area (Å²) in [5.74, 6) is 1.01. The Kier molecular flexibility index (Phi) is 5.97. The van der Waals surface area contributed by atoms with Gasteiger partial charge in [0.2, 0.25) is 6.41 Å². The molecule has 164 valence electrons. The number of aromatic nitrogens is 1. The molecule has 0 saturated heterocycles. The third kappa shape index (κ3) is 4.15. The number of halogens is 2. The number of carbonyl (C=O) groups is 1. The predicted octanol–water partition coefficient (Wildman–Crippen LogP) is 4.47. The number of fused-ring (bicyclic) bond motifs is 2. The average Bonchev–Trinajstić information content (AvgIpc) is 3.18. The van der Waals surface area contributed by atoms with Crippen LogP contribution in [0.15, 0.2) is 36.5 Å². The number of hydrogen-bond donors (Lipinski definition) is 1. The molecule has 0 radical (unpaired) electrons. The number of amides is 1. The van der Waals surface area contributed by atoms with Crippen molar-refractivity contribution in [1.82, 2.24) is 9.88 Å². The van der Waals surface area contributed by atoms with Crippen LogP contribution >= 0.6 is 0 Å². The van der Waals surface area contributed by atoms with E-state index < -0.39 is 6.61 Å². The molecule has 0 unspecified atom stereocenters. The SMILES string of the molecule is COc1ccc2[nH]cc(CC[C@H]3c4cc(OC(F)F)c(OC)cc4CCN3C=O)c2c1. The minimum absolute atomic E-state index is 0.0224. The van der Waals surface area contributed by atoms with E-state index in [4.69, 9.17) is 9.47 Å². The van der Waals surface area contributed by atoms with Crippen molar-refractivity contribution in [2.75, 3.05) is 20.8 Å². The molecule has 0 spiro atoms. The van der Waals surface area contributed by atoms with Crippen LogP contribution in [0.1, 0.15) is 29.2 Å². The monoisotopic (exact) mass is 430 g/mol. The number of H-pyrrole nitrogens is 1. The Morgan fingerprint density at radius 1 is 1.19 bits per heavy atom. The fourth-order valence-electron chi connectivity index (χ4n) is 4.31. The lowest BCUT2D eigenvalue weighted by Crippen LogP contribution is -2.34. The van der Waals surface area contributed by atoms with E-state index in [1.807, 2.05) is 24.4 Å². The van der Waals surface area contributed by atoms with Crippen molar-refractivity contribution in [3.63, 3.8) is 0 Å². The number of ether oxygens (including phenoxy) is 3. The molecule has 0 saturated carbocycles. The quantitative estimate of drug-likeness (QED) is 0.536. The van der Waals surface area contributed by atoms with Crippen molar-refractivity contribution < 1.29 is 27.8 Å². The Morgan fingerprint density at radius 3 is 2.74 bits per heavy atom. The average molecular weight is 430 g/mol. The molecule has 4 rings (SSSR count). The van der Waals surface area contributed by atoms with Gasteiger partial charge in [0.1, 0.15) is 5.75 Å². The molecule has 2 aromatic carbocycles. The van der Waals surface area contributed by atoms with E-state index in [9.17, 15) is 13.6 Å². The van der Waals surface area contributed by atoms with Crippen LogP contribution in [0.3, 0.4) is 0 Å². The van der Waals surface area contributed by atoms with Crippen LogP contribution in [-0.2, 0) is 17.6 Å². The van der Waals surface area contributed by atoms with Crippen LogP contribution in [0, 0.1) is 0 Å². The molecule has 2 heterocycles. The summed E-state index contributed by atoms with van der Waals surface area (Å²) in [6.07, 6.45) is 4.73. The first kappa shape index (κ1) is 21.0. The van der Waals surface area contributed by atoms with Crippen molar-refractivity contribution in [1.29, 1.82) is 0 Å². The van der Waals surface area contributed by atoms with E-state index in [2.05, 4.69) is 9.72 Å². The molecule has 8 heteroatoms. The Hall–Kier alpha value is -3.29. The topological polar surface area (TPSA) is 63.8 Å². The highest BCUT2D eigenvalue weighted by Crippen LogP contribution is 2.40. The molecule has 6 nitrogen and oxygen atoms in total. The Labute approximate surface area is 178 Å². The van der Waals surface area contributed by atoms with Gasteiger partial charge in [0.05, 0.1) is 20.3 Å². The second-order valence-corrected chi connectivity index (χ2v) is 7.45. The van der Waals surface area contributed by atoms with Gasteiger partial charge in [-0.2, -0.15) is 8.78 Å². The fourth-order valence-corrected chi connectivity index (χ4v) is 4.31. The number of rotatable bonds is 8. The van der Waals surface area contributed by atoms with E-state index >= 15 is 0 Å². The van der Waals surface area contributed by atoms with E-state index in [1.165, 1.54) is 7.11 Å². The largest absolute Gasteiger partial charge is 0.497 e. The van der Waals surface area contributed by atoms with Gasteiger partial charge in [0.15, 0.2) is 11.5 Å². The predicted molar refractivity (Wildman–Crippen MR) is 112 cm³/mol. The van der Waals surface area contributed by atoms with Gasteiger partial charge in [-0.15, -0.1) is 0 Å². The van der Waals surface area contributed by atoms with Gasteiger partial charge < -0.3 is 24.1 Å². The van der Waals surface area contributed by atoms with Crippen molar-refractivity contribution in [2.24, 2.45) is 0 Å². The summed E-state index contributed by atoms with van der Waals surface area (Å²) >= 11 is 0. The maximum absolute atomic E-state index is 12.9. The second-order valence-electron chi connectivity index (χ2n) is 7.45. The molecular weight excluding hydrogens is 406 g/mol. The number of aromatic amines is 1. The Balaban J connectivity index is 1.65. The molecular formula is C23H24F2N2O4. The van der Waals surface area contributed by atoms with Crippen LogP contribution in [0.25, 0.3) is 10.9 Å². The summed E-state index contributed by atoms with van der Waals surface area (Å²) in [6.45, 7) is -2.40. The van der Waals surface area contributed by atoms with Gasteiger partial charge in [0, 0.05) is 23.6 Å². The molecule has 1 aromatic heterocycles. The number of aryl methyl sites for hydroxylation is 1. The number of nitrogens with zero attached hydrogens (tertiary/aromatic N) is 1. The van der Waals surface area contributed by atoms with Crippen LogP contribution < -0.4 is 14.2 Å².